The van der Waals surface area contributed by atoms with Gasteiger partial charge in [-0.3, -0.25) is 4.79 Å². The van der Waals surface area contributed by atoms with Crippen LogP contribution in [0.25, 0.3) is 16.8 Å². The molecule has 3 heteroatoms. The number of benzene rings is 3. The van der Waals surface area contributed by atoms with E-state index in [1.165, 1.54) is 6.08 Å². The number of rotatable bonds is 0. The molecule has 1 aliphatic carbocycles. The van der Waals surface area contributed by atoms with Crippen LogP contribution in [0.5, 0.6) is 11.5 Å². The first kappa shape index (κ1) is 12.6. The standard InChI is InChI=1S/C20H12O3/c21-17-11-9-13-5-3-7-15-18(13)20(17,22)19-14-6-2-1-4-12(14)8-10-16(19)23-15/h1-11,22H. The molecule has 110 valence electrons. The second kappa shape index (κ2) is 4.09. The Bertz CT molecular complexity index is 1030. The lowest BCUT2D eigenvalue weighted by Gasteiger charge is -2.37. The van der Waals surface area contributed by atoms with Gasteiger partial charge in [-0.15, -0.1) is 0 Å². The van der Waals surface area contributed by atoms with Crippen LogP contribution in [0.2, 0.25) is 0 Å². The van der Waals surface area contributed by atoms with Gasteiger partial charge in [0.15, 0.2) is 11.4 Å². The lowest BCUT2D eigenvalue weighted by Crippen LogP contribution is -2.40. The Balaban J connectivity index is 1.98. The van der Waals surface area contributed by atoms with Crippen molar-refractivity contribution in [2.24, 2.45) is 0 Å². The van der Waals surface area contributed by atoms with Crippen LogP contribution in [-0.2, 0) is 10.4 Å². The van der Waals surface area contributed by atoms with Crippen LogP contribution in [0.4, 0.5) is 0 Å². The Kier molecular flexibility index (Phi) is 2.24. The number of carbonyl (C=O) groups is 1. The van der Waals surface area contributed by atoms with Crippen molar-refractivity contribution in [2.45, 2.75) is 5.60 Å². The number of fused-ring (bicyclic) bond motifs is 4. The molecule has 3 nitrogen and oxygen atoms in total. The summed E-state index contributed by atoms with van der Waals surface area (Å²) in [6, 6.07) is 17.0. The summed E-state index contributed by atoms with van der Waals surface area (Å²) in [7, 11) is 0. The number of aliphatic hydroxyl groups is 1. The van der Waals surface area contributed by atoms with Crippen LogP contribution in [0.15, 0.2) is 60.7 Å². The molecular weight excluding hydrogens is 288 g/mol. The molecule has 5 rings (SSSR count). The zero-order valence-corrected chi connectivity index (χ0v) is 12.1. The molecule has 0 radical (unpaired) electrons. The van der Waals surface area contributed by atoms with Crippen LogP contribution < -0.4 is 4.74 Å². The molecule has 1 heterocycles. The van der Waals surface area contributed by atoms with E-state index in [2.05, 4.69) is 0 Å². The summed E-state index contributed by atoms with van der Waals surface area (Å²) in [6.45, 7) is 0. The van der Waals surface area contributed by atoms with Crippen molar-refractivity contribution < 1.29 is 14.6 Å². The first-order valence-corrected chi connectivity index (χ1v) is 7.48. The summed E-state index contributed by atoms with van der Waals surface area (Å²) in [6.07, 6.45) is 3.18. The topological polar surface area (TPSA) is 46.5 Å². The van der Waals surface area contributed by atoms with Gasteiger partial charge < -0.3 is 9.84 Å². The molecule has 0 spiro atoms. The Morgan fingerprint density at radius 1 is 0.826 bits per heavy atom. The average molecular weight is 300 g/mol. The molecule has 23 heavy (non-hydrogen) atoms. The van der Waals surface area contributed by atoms with Crippen molar-refractivity contribution >= 4 is 22.6 Å². The summed E-state index contributed by atoms with van der Waals surface area (Å²) in [5, 5.41) is 13.3. The molecule has 1 N–H and O–H groups in total. The number of ketones is 1. The quantitative estimate of drug-likeness (QED) is 0.687. The van der Waals surface area contributed by atoms with E-state index in [4.69, 9.17) is 4.74 Å². The molecule has 0 saturated heterocycles. The predicted octanol–water partition coefficient (Wildman–Crippen LogP) is 3.78. The third kappa shape index (κ3) is 1.45. The van der Waals surface area contributed by atoms with Gasteiger partial charge in [0.2, 0.25) is 0 Å². The maximum Gasteiger partial charge on any atom is 0.196 e. The van der Waals surface area contributed by atoms with Gasteiger partial charge in [0.25, 0.3) is 0 Å². The minimum Gasteiger partial charge on any atom is -0.456 e. The van der Waals surface area contributed by atoms with Crippen molar-refractivity contribution in [2.75, 3.05) is 0 Å². The van der Waals surface area contributed by atoms with E-state index in [0.29, 0.717) is 22.6 Å². The highest BCUT2D eigenvalue weighted by atomic mass is 16.5. The number of ether oxygens (including phenoxy) is 1. The van der Waals surface area contributed by atoms with Crippen molar-refractivity contribution in [3.05, 3.63) is 77.4 Å². The summed E-state index contributed by atoms with van der Waals surface area (Å²) in [5.74, 6) is 0.725. The first-order chi connectivity index (χ1) is 11.2. The lowest BCUT2D eigenvalue weighted by molar-refractivity contribution is -0.129. The Morgan fingerprint density at radius 3 is 2.57 bits per heavy atom. The molecule has 1 aliphatic heterocycles. The maximum atomic E-state index is 12.7. The second-order valence-corrected chi connectivity index (χ2v) is 5.89. The largest absolute Gasteiger partial charge is 0.456 e. The van der Waals surface area contributed by atoms with E-state index in [-0.39, 0.29) is 5.78 Å². The summed E-state index contributed by atoms with van der Waals surface area (Å²) in [5.41, 5.74) is 0.180. The van der Waals surface area contributed by atoms with Crippen LogP contribution in [0, 0.1) is 0 Å². The molecule has 0 amide bonds. The highest BCUT2D eigenvalue weighted by Crippen LogP contribution is 2.52. The van der Waals surface area contributed by atoms with Gasteiger partial charge in [0.1, 0.15) is 11.5 Å². The average Bonchev–Trinajstić information content (AvgIpc) is 2.58. The first-order valence-electron chi connectivity index (χ1n) is 7.48. The molecule has 1 atom stereocenters. The summed E-state index contributed by atoms with van der Waals surface area (Å²) < 4.78 is 6.00. The van der Waals surface area contributed by atoms with Crippen LogP contribution in [0.3, 0.4) is 0 Å². The minimum atomic E-state index is -1.70. The number of hydrogen-bond donors (Lipinski definition) is 1. The highest BCUT2D eigenvalue weighted by Gasteiger charge is 2.49. The Hall–Kier alpha value is -2.91. The Morgan fingerprint density at radius 2 is 1.65 bits per heavy atom. The fourth-order valence-corrected chi connectivity index (χ4v) is 3.64. The van der Waals surface area contributed by atoms with Gasteiger partial charge in [0.05, 0.1) is 0 Å². The van der Waals surface area contributed by atoms with Crippen LogP contribution >= 0.6 is 0 Å². The molecule has 0 aromatic heterocycles. The minimum absolute atomic E-state index is 0.335. The SMILES string of the molecule is O=C1C=Cc2cccc3c2C1(O)c1c(ccc2ccccc12)O3. The zero-order chi connectivity index (χ0) is 15.6. The second-order valence-electron chi connectivity index (χ2n) is 5.89. The number of carbonyl (C=O) groups excluding carboxylic acids is 1. The van der Waals surface area contributed by atoms with Gasteiger partial charge in [-0.2, -0.15) is 0 Å². The normalized spacial score (nSPS) is 20.8. The molecule has 1 unspecified atom stereocenters. The molecular formula is C20H12O3. The molecule has 0 bridgehead atoms. The van der Waals surface area contributed by atoms with E-state index in [1.54, 1.807) is 12.1 Å². The van der Waals surface area contributed by atoms with Crippen LogP contribution in [-0.4, -0.2) is 10.9 Å². The van der Waals surface area contributed by atoms with Crippen molar-refractivity contribution in [3.63, 3.8) is 0 Å². The van der Waals surface area contributed by atoms with Gasteiger partial charge in [-0.1, -0.05) is 48.5 Å². The summed E-state index contributed by atoms with van der Waals surface area (Å²) in [4.78, 5) is 12.7. The fraction of sp³-hybridized carbons (Fsp3) is 0.0500. The zero-order valence-electron chi connectivity index (χ0n) is 12.1. The fourth-order valence-electron chi connectivity index (χ4n) is 3.64. The smallest absolute Gasteiger partial charge is 0.196 e. The van der Waals surface area contributed by atoms with E-state index < -0.39 is 5.60 Å². The monoisotopic (exact) mass is 300 g/mol. The third-order valence-corrected chi connectivity index (χ3v) is 4.66. The van der Waals surface area contributed by atoms with Crippen molar-refractivity contribution in [1.29, 1.82) is 0 Å². The van der Waals surface area contributed by atoms with Gasteiger partial charge in [-0.25, -0.2) is 0 Å². The highest BCUT2D eigenvalue weighted by molar-refractivity contribution is 6.10. The molecule has 3 aromatic rings. The van der Waals surface area contributed by atoms with E-state index in [9.17, 15) is 9.90 Å². The summed E-state index contributed by atoms with van der Waals surface area (Å²) >= 11 is 0. The third-order valence-electron chi connectivity index (χ3n) is 4.66. The van der Waals surface area contributed by atoms with Gasteiger partial charge >= 0.3 is 0 Å². The van der Waals surface area contributed by atoms with E-state index in [0.717, 1.165) is 16.3 Å². The van der Waals surface area contributed by atoms with Gasteiger partial charge in [-0.05, 0) is 34.5 Å². The van der Waals surface area contributed by atoms with Crippen LogP contribution in [0.1, 0.15) is 16.7 Å². The lowest BCUT2D eigenvalue weighted by atomic mass is 9.73. The van der Waals surface area contributed by atoms with E-state index >= 15 is 0 Å². The molecule has 0 saturated carbocycles. The van der Waals surface area contributed by atoms with Crippen molar-refractivity contribution in [3.8, 4) is 11.5 Å². The molecule has 0 fully saturated rings. The van der Waals surface area contributed by atoms with E-state index in [1.807, 2.05) is 48.5 Å². The predicted molar refractivity (Wildman–Crippen MR) is 87.5 cm³/mol. The van der Waals surface area contributed by atoms with Crippen molar-refractivity contribution in [1.82, 2.24) is 0 Å². The molecule has 3 aromatic carbocycles. The Labute approximate surface area is 132 Å². The van der Waals surface area contributed by atoms with Gasteiger partial charge in [0, 0.05) is 11.1 Å². The number of hydrogen-bond acceptors (Lipinski definition) is 3. The maximum absolute atomic E-state index is 12.7. The molecule has 2 aliphatic rings.